The van der Waals surface area contributed by atoms with Crippen LogP contribution >= 0.6 is 19.2 Å². The zero-order chi connectivity index (χ0) is 5.91. The van der Waals surface area contributed by atoms with Gasteiger partial charge in [-0.05, 0) is 0 Å². The van der Waals surface area contributed by atoms with Gasteiger partial charge in [-0.3, -0.25) is 4.57 Å². The molecule has 0 saturated heterocycles. The van der Waals surface area contributed by atoms with Gasteiger partial charge in [0.15, 0.2) is 0 Å². The summed E-state index contributed by atoms with van der Waals surface area (Å²) in [7, 11) is -2.25. The van der Waals surface area contributed by atoms with Gasteiger partial charge in [0.05, 0.1) is 0 Å². The maximum Gasteiger partial charge on any atom is 0.342 e. The maximum absolute atomic E-state index is 10.2. The first-order valence-corrected chi connectivity index (χ1v) is 3.85. The Morgan fingerprint density at radius 3 is 2.43 bits per heavy atom. The minimum Gasteiger partial charge on any atom is -0.323 e. The van der Waals surface area contributed by atoms with E-state index < -0.39 is 7.60 Å². The molecule has 0 heterocycles. The number of hydrogen-bond acceptors (Lipinski definition) is 2. The topological polar surface area (TPSA) is 46.5 Å². The van der Waals surface area contributed by atoms with Gasteiger partial charge in [-0.25, -0.2) is 0 Å². The van der Waals surface area contributed by atoms with Crippen LogP contribution in [0.5, 0.6) is 0 Å². The SMILES string of the molecule is COP(=O)(O)CCl. The first kappa shape index (κ1) is 7.44. The lowest BCUT2D eigenvalue weighted by Gasteiger charge is -2.00. The number of halogens is 1. The molecule has 1 unspecified atom stereocenters. The number of hydrogen-bond donors (Lipinski definition) is 1. The summed E-state index contributed by atoms with van der Waals surface area (Å²) in [6, 6.07) is 0. The Hall–Kier alpha value is 0.440. The van der Waals surface area contributed by atoms with E-state index in [2.05, 4.69) is 4.52 Å². The van der Waals surface area contributed by atoms with Gasteiger partial charge < -0.3 is 9.42 Å². The van der Waals surface area contributed by atoms with Gasteiger partial charge in [-0.2, -0.15) is 0 Å². The third-order valence-electron chi connectivity index (χ3n) is 0.436. The van der Waals surface area contributed by atoms with Crippen molar-refractivity contribution >= 4 is 19.2 Å². The summed E-state index contributed by atoms with van der Waals surface area (Å²) in [5, 5.41) is 0. The second-order valence-electron chi connectivity index (χ2n) is 0.940. The summed E-state index contributed by atoms with van der Waals surface area (Å²) in [6.45, 7) is 0. The largest absolute Gasteiger partial charge is 0.342 e. The standard InChI is InChI=1S/C2H6ClO3P/c1-6-7(4,5)2-3/h2H2,1H3,(H,4,5). The van der Waals surface area contributed by atoms with Crippen LogP contribution in [0.3, 0.4) is 0 Å². The molecule has 0 aromatic heterocycles. The second kappa shape index (κ2) is 2.68. The highest BCUT2D eigenvalue weighted by Gasteiger charge is 2.12. The van der Waals surface area contributed by atoms with Gasteiger partial charge in [0.1, 0.15) is 5.62 Å². The van der Waals surface area contributed by atoms with E-state index in [1.807, 2.05) is 0 Å². The quantitative estimate of drug-likeness (QED) is 0.465. The smallest absolute Gasteiger partial charge is 0.323 e. The Bertz CT molecular complexity index is 84.9. The van der Waals surface area contributed by atoms with E-state index in [0.717, 1.165) is 7.11 Å². The molecule has 0 amide bonds. The van der Waals surface area contributed by atoms with Gasteiger partial charge in [-0.1, -0.05) is 0 Å². The summed E-state index contributed by atoms with van der Waals surface area (Å²) in [5.74, 6) is 0. The summed E-state index contributed by atoms with van der Waals surface area (Å²) in [5.41, 5.74) is -0.344. The molecule has 0 bridgehead atoms. The zero-order valence-corrected chi connectivity index (χ0v) is 5.45. The summed E-state index contributed by atoms with van der Waals surface area (Å²) >= 11 is 4.96. The molecule has 0 saturated carbocycles. The van der Waals surface area contributed by atoms with Crippen molar-refractivity contribution in [3.05, 3.63) is 0 Å². The fourth-order valence-corrected chi connectivity index (χ4v) is 0.439. The van der Waals surface area contributed by atoms with E-state index in [-0.39, 0.29) is 5.62 Å². The maximum atomic E-state index is 10.2. The van der Waals surface area contributed by atoms with E-state index in [1.165, 1.54) is 0 Å². The number of rotatable bonds is 2. The molecule has 0 aromatic carbocycles. The van der Waals surface area contributed by atoms with E-state index in [0.29, 0.717) is 0 Å². The van der Waals surface area contributed by atoms with E-state index in [4.69, 9.17) is 16.5 Å². The molecule has 0 rings (SSSR count). The Kier molecular flexibility index (Phi) is 2.84. The highest BCUT2D eigenvalue weighted by molar-refractivity contribution is 7.54. The molecule has 44 valence electrons. The average Bonchev–Trinajstić information content (AvgIpc) is 1.68. The van der Waals surface area contributed by atoms with Crippen molar-refractivity contribution in [1.82, 2.24) is 0 Å². The minimum atomic E-state index is -3.39. The van der Waals surface area contributed by atoms with Crippen LogP contribution in [0.25, 0.3) is 0 Å². The lowest BCUT2D eigenvalue weighted by molar-refractivity contribution is 0.320. The van der Waals surface area contributed by atoms with Crippen molar-refractivity contribution in [3.8, 4) is 0 Å². The fraction of sp³-hybridized carbons (Fsp3) is 1.00. The third-order valence-corrected chi connectivity index (χ3v) is 2.22. The Morgan fingerprint density at radius 2 is 2.43 bits per heavy atom. The van der Waals surface area contributed by atoms with Crippen LogP contribution in [-0.2, 0) is 9.09 Å². The zero-order valence-electron chi connectivity index (χ0n) is 3.80. The highest BCUT2D eigenvalue weighted by Crippen LogP contribution is 2.41. The number of alkyl halides is 1. The van der Waals surface area contributed by atoms with Crippen LogP contribution in [0.1, 0.15) is 0 Å². The summed E-state index contributed by atoms with van der Waals surface area (Å²) in [4.78, 5) is 8.33. The Labute approximate surface area is 46.8 Å². The third kappa shape index (κ3) is 3.06. The van der Waals surface area contributed by atoms with Gasteiger partial charge in [0, 0.05) is 7.11 Å². The van der Waals surface area contributed by atoms with Crippen LogP contribution in [-0.4, -0.2) is 17.6 Å². The molecule has 0 aromatic rings. The average molecular weight is 144 g/mol. The monoisotopic (exact) mass is 144 g/mol. The van der Waals surface area contributed by atoms with Crippen molar-refractivity contribution in [2.45, 2.75) is 0 Å². The summed E-state index contributed by atoms with van der Waals surface area (Å²) in [6.07, 6.45) is 0. The Balaban J connectivity index is 3.61. The molecule has 1 atom stereocenters. The lowest BCUT2D eigenvalue weighted by atomic mass is 11.8. The van der Waals surface area contributed by atoms with Crippen molar-refractivity contribution in [3.63, 3.8) is 0 Å². The Morgan fingerprint density at radius 1 is 2.00 bits per heavy atom. The molecule has 1 N–H and O–H groups in total. The predicted octanol–water partition coefficient (Wildman–Crippen LogP) is 1.01. The van der Waals surface area contributed by atoms with Crippen LogP contribution in [0.4, 0.5) is 0 Å². The van der Waals surface area contributed by atoms with Gasteiger partial charge in [0.25, 0.3) is 0 Å². The van der Waals surface area contributed by atoms with E-state index in [1.54, 1.807) is 0 Å². The highest BCUT2D eigenvalue weighted by atomic mass is 35.5. The van der Waals surface area contributed by atoms with Crippen LogP contribution in [0.2, 0.25) is 0 Å². The molecule has 0 fully saturated rings. The summed E-state index contributed by atoms with van der Waals surface area (Å²) < 4.78 is 14.2. The van der Waals surface area contributed by atoms with Gasteiger partial charge in [-0.15, -0.1) is 11.6 Å². The second-order valence-corrected chi connectivity index (χ2v) is 3.54. The first-order valence-electron chi connectivity index (χ1n) is 1.56. The first-order chi connectivity index (χ1) is 3.12. The molecule has 0 radical (unpaired) electrons. The minimum absolute atomic E-state index is 0.344. The van der Waals surface area contributed by atoms with E-state index in [9.17, 15) is 4.57 Å². The fourth-order valence-electron chi connectivity index (χ4n) is 0.0488. The van der Waals surface area contributed by atoms with Crippen LogP contribution < -0.4 is 0 Å². The molecule has 0 spiro atoms. The van der Waals surface area contributed by atoms with Crippen molar-refractivity contribution in [1.29, 1.82) is 0 Å². The molecule has 5 heteroatoms. The van der Waals surface area contributed by atoms with Crippen molar-refractivity contribution < 1.29 is 14.0 Å². The van der Waals surface area contributed by atoms with Gasteiger partial charge >= 0.3 is 7.60 Å². The molecule has 3 nitrogen and oxygen atoms in total. The molecular weight excluding hydrogens is 138 g/mol. The van der Waals surface area contributed by atoms with Crippen molar-refractivity contribution in [2.75, 3.05) is 12.7 Å². The molecule has 0 aliphatic heterocycles. The van der Waals surface area contributed by atoms with Gasteiger partial charge in [0.2, 0.25) is 0 Å². The van der Waals surface area contributed by atoms with E-state index >= 15 is 0 Å². The lowest BCUT2D eigenvalue weighted by Crippen LogP contribution is -1.81. The van der Waals surface area contributed by atoms with Crippen molar-refractivity contribution in [2.24, 2.45) is 0 Å². The van der Waals surface area contributed by atoms with Crippen LogP contribution in [0, 0.1) is 0 Å². The molecule has 7 heavy (non-hydrogen) atoms. The predicted molar refractivity (Wildman–Crippen MR) is 27.6 cm³/mol. The normalized spacial score (nSPS) is 18.7. The van der Waals surface area contributed by atoms with Crippen LogP contribution in [0.15, 0.2) is 0 Å². The molecular formula is C2H6ClO3P. The molecule has 0 aliphatic carbocycles. The molecule has 0 aliphatic rings.